The van der Waals surface area contributed by atoms with Crippen LogP contribution in [0.1, 0.15) is 22.4 Å². The predicted molar refractivity (Wildman–Crippen MR) is 77.0 cm³/mol. The van der Waals surface area contributed by atoms with Gasteiger partial charge in [-0.05, 0) is 31.5 Å². The number of hydrogen-bond donors (Lipinski definition) is 1. The Morgan fingerprint density at radius 3 is 2.45 bits per heavy atom. The zero-order chi connectivity index (χ0) is 14.5. The second kappa shape index (κ2) is 6.39. The molecule has 4 heteroatoms. The maximum Gasteiger partial charge on any atom is 0.131 e. The topological polar surface area (TPSA) is 51.6 Å². The third-order valence-electron chi connectivity index (χ3n) is 3.23. The van der Waals surface area contributed by atoms with Crippen molar-refractivity contribution < 1.29 is 14.6 Å². The van der Waals surface area contributed by atoms with Gasteiger partial charge in [-0.25, -0.2) is 0 Å². The van der Waals surface area contributed by atoms with Crippen LogP contribution in [0.3, 0.4) is 0 Å². The molecule has 2 aromatic rings. The number of aliphatic hydroxyl groups excluding tert-OH is 1. The first kappa shape index (κ1) is 14.3. The van der Waals surface area contributed by atoms with Gasteiger partial charge in [-0.2, -0.15) is 0 Å². The van der Waals surface area contributed by atoms with Crippen molar-refractivity contribution in [2.24, 2.45) is 0 Å². The van der Waals surface area contributed by atoms with Crippen molar-refractivity contribution in [3.63, 3.8) is 0 Å². The highest BCUT2D eigenvalue weighted by atomic mass is 16.5. The number of aliphatic hydroxyl groups is 1. The van der Waals surface area contributed by atoms with Crippen LogP contribution in [0.4, 0.5) is 0 Å². The summed E-state index contributed by atoms with van der Waals surface area (Å²) in [6.07, 6.45) is 1.79. The Morgan fingerprint density at radius 2 is 1.85 bits per heavy atom. The highest BCUT2D eigenvalue weighted by Gasteiger charge is 2.09. The van der Waals surface area contributed by atoms with Crippen molar-refractivity contribution in [1.29, 1.82) is 0 Å². The molecule has 0 saturated heterocycles. The third-order valence-corrected chi connectivity index (χ3v) is 3.23. The summed E-state index contributed by atoms with van der Waals surface area (Å²) in [5.74, 6) is 1.61. The normalized spacial score (nSPS) is 10.4. The molecule has 0 spiro atoms. The Labute approximate surface area is 119 Å². The summed E-state index contributed by atoms with van der Waals surface area (Å²) >= 11 is 0. The lowest BCUT2D eigenvalue weighted by molar-refractivity contribution is 0.280. The number of benzene rings is 1. The van der Waals surface area contributed by atoms with Crippen LogP contribution in [0.2, 0.25) is 0 Å². The van der Waals surface area contributed by atoms with Gasteiger partial charge >= 0.3 is 0 Å². The fourth-order valence-electron chi connectivity index (χ4n) is 2.06. The first-order valence-corrected chi connectivity index (χ1v) is 6.47. The summed E-state index contributed by atoms with van der Waals surface area (Å²) < 4.78 is 11.1. The van der Waals surface area contributed by atoms with Crippen LogP contribution in [0, 0.1) is 13.8 Å². The van der Waals surface area contributed by atoms with Gasteiger partial charge in [0.25, 0.3) is 0 Å². The van der Waals surface area contributed by atoms with Gasteiger partial charge in [-0.15, -0.1) is 0 Å². The molecule has 1 heterocycles. The first-order valence-electron chi connectivity index (χ1n) is 6.47. The number of aromatic nitrogens is 1. The zero-order valence-electron chi connectivity index (χ0n) is 12.0. The predicted octanol–water partition coefficient (Wildman–Crippen LogP) is 2.78. The van der Waals surface area contributed by atoms with E-state index in [-0.39, 0.29) is 6.61 Å². The van der Waals surface area contributed by atoms with Crippen LogP contribution in [-0.2, 0) is 13.2 Å². The first-order chi connectivity index (χ1) is 9.65. The summed E-state index contributed by atoms with van der Waals surface area (Å²) in [4.78, 5) is 4.39. The van der Waals surface area contributed by atoms with E-state index in [4.69, 9.17) is 14.6 Å². The molecule has 2 rings (SSSR count). The van der Waals surface area contributed by atoms with E-state index in [2.05, 4.69) is 4.98 Å². The molecule has 4 nitrogen and oxygen atoms in total. The molecule has 0 bridgehead atoms. The molecule has 1 N–H and O–H groups in total. The minimum absolute atomic E-state index is 0.0378. The Balaban J connectivity index is 2.10. The number of ether oxygens (including phenoxy) is 2. The molecule has 106 valence electrons. The number of nitrogens with zero attached hydrogens (tertiary/aromatic N) is 1. The molecular weight excluding hydrogens is 254 g/mol. The SMILES string of the molecule is COc1c(C)cnc(COc2ccc(CO)cc2)c1C. The average Bonchev–Trinajstić information content (AvgIpc) is 2.47. The quantitative estimate of drug-likeness (QED) is 0.910. The van der Waals surface area contributed by atoms with Gasteiger partial charge in [0.05, 0.1) is 19.4 Å². The molecule has 0 amide bonds. The van der Waals surface area contributed by atoms with Gasteiger partial charge in [0.1, 0.15) is 18.1 Å². The summed E-state index contributed by atoms with van der Waals surface area (Å²) in [5, 5.41) is 8.99. The minimum Gasteiger partial charge on any atom is -0.496 e. The van der Waals surface area contributed by atoms with E-state index in [0.29, 0.717) is 6.61 Å². The van der Waals surface area contributed by atoms with E-state index in [0.717, 1.165) is 33.9 Å². The molecule has 0 saturated carbocycles. The van der Waals surface area contributed by atoms with Crippen molar-refractivity contribution in [1.82, 2.24) is 4.98 Å². The third kappa shape index (κ3) is 3.08. The van der Waals surface area contributed by atoms with E-state index in [1.54, 1.807) is 13.3 Å². The molecule has 0 radical (unpaired) electrons. The monoisotopic (exact) mass is 273 g/mol. The summed E-state index contributed by atoms with van der Waals surface area (Å²) in [6, 6.07) is 7.36. The standard InChI is InChI=1S/C16H19NO3/c1-11-8-17-15(12(2)16(11)19-3)10-20-14-6-4-13(9-18)5-7-14/h4-8,18H,9-10H2,1-3H3. The van der Waals surface area contributed by atoms with Gasteiger partial charge in [-0.3, -0.25) is 4.98 Å². The van der Waals surface area contributed by atoms with Crippen molar-refractivity contribution in [2.75, 3.05) is 7.11 Å². The van der Waals surface area contributed by atoms with Crippen LogP contribution >= 0.6 is 0 Å². The van der Waals surface area contributed by atoms with Crippen molar-refractivity contribution in [3.8, 4) is 11.5 Å². The van der Waals surface area contributed by atoms with Crippen LogP contribution in [0.15, 0.2) is 30.5 Å². The lowest BCUT2D eigenvalue weighted by Crippen LogP contribution is -2.04. The van der Waals surface area contributed by atoms with Gasteiger partial charge in [0.2, 0.25) is 0 Å². The number of pyridine rings is 1. The highest BCUT2D eigenvalue weighted by Crippen LogP contribution is 2.24. The van der Waals surface area contributed by atoms with Crippen molar-refractivity contribution in [3.05, 3.63) is 52.8 Å². The summed E-state index contributed by atoms with van der Waals surface area (Å²) in [7, 11) is 1.66. The number of rotatable bonds is 5. The van der Waals surface area contributed by atoms with Gasteiger partial charge in [-0.1, -0.05) is 12.1 Å². The van der Waals surface area contributed by atoms with E-state index in [9.17, 15) is 0 Å². The van der Waals surface area contributed by atoms with Crippen LogP contribution < -0.4 is 9.47 Å². The van der Waals surface area contributed by atoms with Crippen molar-refractivity contribution in [2.45, 2.75) is 27.1 Å². The Hall–Kier alpha value is -2.07. The van der Waals surface area contributed by atoms with Gasteiger partial charge < -0.3 is 14.6 Å². The maximum atomic E-state index is 8.99. The molecule has 1 aromatic carbocycles. The number of aryl methyl sites for hydroxylation is 1. The second-order valence-corrected chi connectivity index (χ2v) is 4.64. The van der Waals surface area contributed by atoms with E-state index in [1.807, 2.05) is 38.1 Å². The molecule has 20 heavy (non-hydrogen) atoms. The lowest BCUT2D eigenvalue weighted by atomic mass is 10.1. The highest BCUT2D eigenvalue weighted by molar-refractivity contribution is 5.41. The summed E-state index contributed by atoms with van der Waals surface area (Å²) in [6.45, 7) is 4.38. The smallest absolute Gasteiger partial charge is 0.131 e. The summed E-state index contributed by atoms with van der Waals surface area (Å²) in [5.41, 5.74) is 3.74. The number of hydrogen-bond acceptors (Lipinski definition) is 4. The van der Waals surface area contributed by atoms with E-state index in [1.165, 1.54) is 0 Å². The van der Waals surface area contributed by atoms with Crippen LogP contribution in [0.5, 0.6) is 11.5 Å². The molecule has 0 unspecified atom stereocenters. The lowest BCUT2D eigenvalue weighted by Gasteiger charge is -2.13. The Morgan fingerprint density at radius 1 is 1.15 bits per heavy atom. The molecule has 0 atom stereocenters. The van der Waals surface area contributed by atoms with Crippen molar-refractivity contribution >= 4 is 0 Å². The molecule has 0 aliphatic carbocycles. The average molecular weight is 273 g/mol. The van der Waals surface area contributed by atoms with Gasteiger partial charge in [0.15, 0.2) is 0 Å². The Kier molecular flexibility index (Phi) is 4.58. The maximum absolute atomic E-state index is 8.99. The van der Waals surface area contributed by atoms with E-state index >= 15 is 0 Å². The second-order valence-electron chi connectivity index (χ2n) is 4.64. The molecule has 0 aliphatic rings. The molecule has 0 aliphatic heterocycles. The zero-order valence-corrected chi connectivity index (χ0v) is 12.0. The molecule has 1 aromatic heterocycles. The van der Waals surface area contributed by atoms with Crippen LogP contribution in [0.25, 0.3) is 0 Å². The number of methoxy groups -OCH3 is 1. The fraction of sp³-hybridized carbons (Fsp3) is 0.312. The Bertz CT molecular complexity index is 579. The van der Waals surface area contributed by atoms with Crippen LogP contribution in [-0.4, -0.2) is 17.2 Å². The minimum atomic E-state index is 0.0378. The largest absolute Gasteiger partial charge is 0.496 e. The molecular formula is C16H19NO3. The molecule has 0 fully saturated rings. The fourth-order valence-corrected chi connectivity index (χ4v) is 2.06. The van der Waals surface area contributed by atoms with Gasteiger partial charge in [0, 0.05) is 17.3 Å². The van der Waals surface area contributed by atoms with E-state index < -0.39 is 0 Å².